The molecule has 29 heavy (non-hydrogen) atoms. The second-order valence-electron chi connectivity index (χ2n) is 8.62. The lowest BCUT2D eigenvalue weighted by molar-refractivity contribution is 0.0260. The van der Waals surface area contributed by atoms with E-state index in [1.165, 1.54) is 24.0 Å². The number of esters is 1. The van der Waals surface area contributed by atoms with Crippen LogP contribution in [0.4, 0.5) is 0 Å². The minimum Gasteiger partial charge on any atom is -0.458 e. The van der Waals surface area contributed by atoms with Crippen LogP contribution in [0.1, 0.15) is 101 Å². The predicted molar refractivity (Wildman–Crippen MR) is 114 cm³/mol. The lowest BCUT2D eigenvalue weighted by atomic mass is 9.81. The van der Waals surface area contributed by atoms with Crippen molar-refractivity contribution in [3.05, 3.63) is 57.9 Å². The Morgan fingerprint density at radius 1 is 1.07 bits per heavy atom. The van der Waals surface area contributed by atoms with Gasteiger partial charge in [-0.2, -0.15) is 0 Å². The van der Waals surface area contributed by atoms with Crippen LogP contribution in [0.25, 0.3) is 0 Å². The number of carbonyl (C=O) groups excluding carboxylic acids is 2. The van der Waals surface area contributed by atoms with Gasteiger partial charge in [0.2, 0.25) is 0 Å². The number of Topliss-reactive ketones (excluding diaryl/α,β-unsaturated/α-hetero) is 1. The highest BCUT2D eigenvalue weighted by atomic mass is 16.5. The minimum atomic E-state index is -0.305. The second-order valence-corrected chi connectivity index (χ2v) is 8.62. The van der Waals surface area contributed by atoms with Crippen LogP contribution in [0.5, 0.6) is 0 Å². The monoisotopic (exact) mass is 393 g/mol. The SMILES string of the molecule is CCc1ccc([C@@H]2CC(=O)c3c([nH]c(C(=O)OC4CCCCCC4)c3C)C2)cc1. The molecule has 2 aromatic rings. The quantitative estimate of drug-likeness (QED) is 0.537. The van der Waals surface area contributed by atoms with Gasteiger partial charge >= 0.3 is 5.97 Å². The number of ketones is 1. The molecule has 1 fully saturated rings. The first-order chi connectivity index (χ1) is 14.1. The van der Waals surface area contributed by atoms with E-state index in [4.69, 9.17) is 4.74 Å². The first kappa shape index (κ1) is 19.9. The number of nitrogens with one attached hydrogen (secondary N) is 1. The number of benzene rings is 1. The maximum absolute atomic E-state index is 12.9. The van der Waals surface area contributed by atoms with Crippen LogP contribution in [0.15, 0.2) is 24.3 Å². The van der Waals surface area contributed by atoms with Crippen LogP contribution >= 0.6 is 0 Å². The highest BCUT2D eigenvalue weighted by Crippen LogP contribution is 2.35. The molecule has 1 aromatic carbocycles. The van der Waals surface area contributed by atoms with Gasteiger partial charge < -0.3 is 9.72 Å². The maximum Gasteiger partial charge on any atom is 0.355 e. The summed E-state index contributed by atoms with van der Waals surface area (Å²) in [7, 11) is 0. The molecule has 4 rings (SSSR count). The Kier molecular flexibility index (Phi) is 5.89. The Balaban J connectivity index is 1.53. The summed E-state index contributed by atoms with van der Waals surface area (Å²) in [6.07, 6.45) is 8.84. The molecule has 0 amide bonds. The standard InChI is InChI=1S/C25H31NO3/c1-3-17-10-12-18(13-11-17)19-14-21-23(22(27)15-19)16(2)24(26-21)25(28)29-20-8-6-4-5-7-9-20/h10-13,19-20,26H,3-9,14-15H2,1-2H3/t19-/m0/s1. The number of carbonyl (C=O) groups is 2. The number of H-pyrrole nitrogens is 1. The van der Waals surface area contributed by atoms with E-state index < -0.39 is 0 Å². The molecule has 0 radical (unpaired) electrons. The van der Waals surface area contributed by atoms with E-state index in [0.717, 1.165) is 49.8 Å². The fourth-order valence-electron chi connectivity index (χ4n) is 4.87. The number of aromatic amines is 1. The third-order valence-electron chi connectivity index (χ3n) is 6.63. The molecule has 1 heterocycles. The highest BCUT2D eigenvalue weighted by molar-refractivity contribution is 6.03. The van der Waals surface area contributed by atoms with Crippen molar-refractivity contribution in [2.45, 2.75) is 83.7 Å². The molecule has 2 aliphatic carbocycles. The fraction of sp³-hybridized carbons (Fsp3) is 0.520. The molecule has 2 aliphatic rings. The largest absolute Gasteiger partial charge is 0.458 e. The number of aryl methyl sites for hydroxylation is 1. The zero-order valence-corrected chi connectivity index (χ0v) is 17.6. The molecular weight excluding hydrogens is 362 g/mol. The van der Waals surface area contributed by atoms with E-state index in [2.05, 4.69) is 36.2 Å². The lowest BCUT2D eigenvalue weighted by Gasteiger charge is -2.22. The molecule has 0 unspecified atom stereocenters. The van der Waals surface area contributed by atoms with Crippen LogP contribution in [0.2, 0.25) is 0 Å². The van der Waals surface area contributed by atoms with Gasteiger partial charge in [-0.3, -0.25) is 4.79 Å². The summed E-state index contributed by atoms with van der Waals surface area (Å²) in [5.74, 6) is -0.0248. The first-order valence-corrected chi connectivity index (χ1v) is 11.1. The fourth-order valence-corrected chi connectivity index (χ4v) is 4.87. The Labute approximate surface area is 173 Å². The van der Waals surface area contributed by atoms with Gasteiger partial charge in [-0.05, 0) is 68.1 Å². The van der Waals surface area contributed by atoms with E-state index >= 15 is 0 Å². The van der Waals surface area contributed by atoms with Gasteiger partial charge in [0.1, 0.15) is 11.8 Å². The summed E-state index contributed by atoms with van der Waals surface area (Å²) in [5, 5.41) is 0. The number of fused-ring (bicyclic) bond motifs is 1. The zero-order chi connectivity index (χ0) is 20.4. The summed E-state index contributed by atoms with van der Waals surface area (Å²) >= 11 is 0. The van der Waals surface area contributed by atoms with Crippen LogP contribution in [0, 0.1) is 6.92 Å². The van der Waals surface area contributed by atoms with Crippen molar-refractivity contribution >= 4 is 11.8 Å². The molecule has 1 N–H and O–H groups in total. The minimum absolute atomic E-state index is 0.00487. The van der Waals surface area contributed by atoms with Crippen molar-refractivity contribution in [1.82, 2.24) is 4.98 Å². The number of ether oxygens (including phenoxy) is 1. The Bertz CT molecular complexity index is 886. The van der Waals surface area contributed by atoms with Crippen molar-refractivity contribution in [2.75, 3.05) is 0 Å². The van der Waals surface area contributed by atoms with Gasteiger partial charge in [0, 0.05) is 17.7 Å². The number of rotatable bonds is 4. The molecule has 1 aromatic heterocycles. The van der Waals surface area contributed by atoms with Crippen molar-refractivity contribution in [3.8, 4) is 0 Å². The Hall–Kier alpha value is -2.36. The summed E-state index contributed by atoms with van der Waals surface area (Å²) in [6, 6.07) is 8.56. The molecule has 0 saturated heterocycles. The Morgan fingerprint density at radius 3 is 2.41 bits per heavy atom. The molecular formula is C25H31NO3. The molecule has 4 nitrogen and oxygen atoms in total. The topological polar surface area (TPSA) is 59.2 Å². The van der Waals surface area contributed by atoms with E-state index in [0.29, 0.717) is 17.7 Å². The summed E-state index contributed by atoms with van der Waals surface area (Å²) in [4.78, 5) is 29.0. The van der Waals surface area contributed by atoms with Gasteiger partial charge in [0.25, 0.3) is 0 Å². The van der Waals surface area contributed by atoms with E-state index in [1.807, 2.05) is 6.92 Å². The van der Waals surface area contributed by atoms with Gasteiger partial charge in [0.05, 0.1) is 0 Å². The van der Waals surface area contributed by atoms with Gasteiger partial charge in [-0.25, -0.2) is 4.79 Å². The maximum atomic E-state index is 12.9. The van der Waals surface area contributed by atoms with Crippen LogP contribution in [0.3, 0.4) is 0 Å². The predicted octanol–water partition coefficient (Wildman–Crippen LogP) is 5.68. The van der Waals surface area contributed by atoms with Crippen LogP contribution in [-0.4, -0.2) is 22.8 Å². The van der Waals surface area contributed by atoms with Crippen molar-refractivity contribution in [3.63, 3.8) is 0 Å². The molecule has 154 valence electrons. The summed E-state index contributed by atoms with van der Waals surface area (Å²) < 4.78 is 5.81. The van der Waals surface area contributed by atoms with E-state index in [-0.39, 0.29) is 23.8 Å². The molecule has 0 aliphatic heterocycles. The van der Waals surface area contributed by atoms with Crippen molar-refractivity contribution in [2.24, 2.45) is 0 Å². The lowest BCUT2D eigenvalue weighted by Crippen LogP contribution is -2.18. The van der Waals surface area contributed by atoms with E-state index in [1.54, 1.807) is 0 Å². The van der Waals surface area contributed by atoms with Crippen LogP contribution in [-0.2, 0) is 17.6 Å². The molecule has 0 spiro atoms. The molecule has 1 atom stereocenters. The smallest absolute Gasteiger partial charge is 0.355 e. The van der Waals surface area contributed by atoms with Crippen molar-refractivity contribution in [1.29, 1.82) is 0 Å². The number of hydrogen-bond donors (Lipinski definition) is 1. The van der Waals surface area contributed by atoms with Gasteiger partial charge in [-0.15, -0.1) is 0 Å². The highest BCUT2D eigenvalue weighted by Gasteiger charge is 2.32. The van der Waals surface area contributed by atoms with Crippen molar-refractivity contribution < 1.29 is 14.3 Å². The summed E-state index contributed by atoms with van der Waals surface area (Å²) in [5.41, 5.74) is 5.31. The van der Waals surface area contributed by atoms with Gasteiger partial charge in [-0.1, -0.05) is 44.0 Å². The van der Waals surface area contributed by atoms with Gasteiger partial charge in [0.15, 0.2) is 5.78 Å². The second kappa shape index (κ2) is 8.56. The molecule has 1 saturated carbocycles. The summed E-state index contributed by atoms with van der Waals surface area (Å²) in [6.45, 7) is 4.01. The molecule has 4 heteroatoms. The molecule has 0 bridgehead atoms. The first-order valence-electron chi connectivity index (χ1n) is 11.1. The average Bonchev–Trinajstić information content (AvgIpc) is 2.89. The third kappa shape index (κ3) is 4.17. The Morgan fingerprint density at radius 2 is 1.76 bits per heavy atom. The third-order valence-corrected chi connectivity index (χ3v) is 6.63. The zero-order valence-electron chi connectivity index (χ0n) is 17.6. The number of aromatic nitrogens is 1. The number of hydrogen-bond acceptors (Lipinski definition) is 3. The average molecular weight is 394 g/mol. The van der Waals surface area contributed by atoms with Crippen LogP contribution < -0.4 is 0 Å². The van der Waals surface area contributed by atoms with E-state index in [9.17, 15) is 9.59 Å². The normalized spacial score (nSPS) is 20.2.